The number of ether oxygens (including phenoxy) is 2. The van der Waals surface area contributed by atoms with Crippen molar-refractivity contribution in [1.82, 2.24) is 9.36 Å². The van der Waals surface area contributed by atoms with E-state index in [-0.39, 0.29) is 16.8 Å². The molecule has 1 heterocycles. The summed E-state index contributed by atoms with van der Waals surface area (Å²) < 4.78 is 13.3. The Kier molecular flexibility index (Phi) is 5.82. The van der Waals surface area contributed by atoms with Gasteiger partial charge in [-0.2, -0.15) is 0 Å². The van der Waals surface area contributed by atoms with Gasteiger partial charge in [0.2, 0.25) is 0 Å². The van der Waals surface area contributed by atoms with Crippen molar-refractivity contribution in [3.8, 4) is 11.4 Å². The first-order chi connectivity index (χ1) is 13.9. The number of hydrogen-bond acceptors (Lipinski definition) is 5. The van der Waals surface area contributed by atoms with Crippen molar-refractivity contribution in [2.75, 3.05) is 19.0 Å². The lowest BCUT2D eigenvalue weighted by atomic mass is 10.2. The third kappa shape index (κ3) is 4.06. The van der Waals surface area contributed by atoms with Crippen LogP contribution in [0.15, 0.2) is 59.4 Å². The van der Waals surface area contributed by atoms with Gasteiger partial charge in [-0.05, 0) is 31.2 Å². The van der Waals surface area contributed by atoms with Crippen LogP contribution in [0.3, 0.4) is 0 Å². The average Bonchev–Trinajstić information content (AvgIpc) is 2.95. The molecule has 0 fully saturated rings. The fourth-order valence-corrected chi connectivity index (χ4v) is 2.91. The second-order valence-electron chi connectivity index (χ2n) is 6.26. The Morgan fingerprint density at radius 3 is 2.38 bits per heavy atom. The van der Waals surface area contributed by atoms with E-state index in [1.54, 1.807) is 55.1 Å². The van der Waals surface area contributed by atoms with E-state index >= 15 is 0 Å². The zero-order valence-corrected chi connectivity index (χ0v) is 16.3. The lowest BCUT2D eigenvalue weighted by Crippen LogP contribution is -2.26. The van der Waals surface area contributed by atoms with E-state index in [4.69, 9.17) is 9.47 Å². The summed E-state index contributed by atoms with van der Waals surface area (Å²) in [6, 6.07) is 15.6. The summed E-state index contributed by atoms with van der Waals surface area (Å²) in [5.41, 5.74) is 1.22. The normalized spacial score (nSPS) is 10.4. The summed E-state index contributed by atoms with van der Waals surface area (Å²) in [4.78, 5) is 37.3. The maximum absolute atomic E-state index is 12.8. The first-order valence-corrected chi connectivity index (χ1v) is 8.88. The number of methoxy groups -OCH3 is 1. The van der Waals surface area contributed by atoms with Crippen LogP contribution in [0.4, 0.5) is 5.69 Å². The molecule has 0 aliphatic heterocycles. The molecule has 0 spiro atoms. The Bertz CT molecular complexity index is 1100. The number of anilines is 1. The van der Waals surface area contributed by atoms with Gasteiger partial charge in [0, 0.05) is 7.05 Å². The van der Waals surface area contributed by atoms with E-state index in [0.717, 1.165) is 0 Å². The second-order valence-corrected chi connectivity index (χ2v) is 6.26. The Balaban J connectivity index is 1.73. The van der Waals surface area contributed by atoms with E-state index < -0.39 is 18.5 Å². The molecule has 0 aliphatic carbocycles. The lowest BCUT2D eigenvalue weighted by molar-refractivity contribution is -0.119. The highest BCUT2D eigenvalue weighted by molar-refractivity contribution is 5.97. The van der Waals surface area contributed by atoms with Crippen molar-refractivity contribution in [1.29, 1.82) is 0 Å². The zero-order chi connectivity index (χ0) is 21.0. The van der Waals surface area contributed by atoms with Crippen LogP contribution >= 0.6 is 0 Å². The van der Waals surface area contributed by atoms with E-state index in [9.17, 15) is 14.4 Å². The number of nitrogens with zero attached hydrogens (tertiary/aromatic N) is 2. The molecule has 0 aliphatic rings. The molecule has 150 valence electrons. The standard InChI is InChI=1S/C21H21N3O5/c1-14-19(20(26)24(23(14)2)15-9-5-4-6-10-15)22-18(25)13-29-21(27)16-11-7-8-12-17(16)28-3/h4-12H,13H2,1-3H3,(H,22,25). The van der Waals surface area contributed by atoms with Crippen molar-refractivity contribution in [2.24, 2.45) is 7.05 Å². The Morgan fingerprint density at radius 2 is 1.69 bits per heavy atom. The molecule has 0 radical (unpaired) electrons. The molecule has 3 aromatic rings. The quantitative estimate of drug-likeness (QED) is 0.647. The molecule has 29 heavy (non-hydrogen) atoms. The van der Waals surface area contributed by atoms with Crippen molar-refractivity contribution >= 4 is 17.6 Å². The van der Waals surface area contributed by atoms with Crippen LogP contribution in [-0.2, 0) is 16.6 Å². The van der Waals surface area contributed by atoms with Gasteiger partial charge in [0.25, 0.3) is 11.5 Å². The number of hydrogen-bond donors (Lipinski definition) is 1. The Labute approximate surface area is 167 Å². The minimum Gasteiger partial charge on any atom is -0.496 e. The highest BCUT2D eigenvalue weighted by Gasteiger charge is 2.19. The van der Waals surface area contributed by atoms with Gasteiger partial charge in [-0.25, -0.2) is 9.48 Å². The van der Waals surface area contributed by atoms with Crippen LogP contribution in [-0.4, -0.2) is 35.0 Å². The molecule has 3 rings (SSSR count). The molecule has 1 amide bonds. The Hall–Kier alpha value is -3.81. The summed E-state index contributed by atoms with van der Waals surface area (Å²) in [5.74, 6) is -0.953. The van der Waals surface area contributed by atoms with Gasteiger partial charge >= 0.3 is 5.97 Å². The topological polar surface area (TPSA) is 91.6 Å². The molecule has 8 nitrogen and oxygen atoms in total. The first-order valence-electron chi connectivity index (χ1n) is 8.88. The van der Waals surface area contributed by atoms with Gasteiger partial charge in [-0.3, -0.25) is 14.3 Å². The molecule has 0 saturated heterocycles. The monoisotopic (exact) mass is 395 g/mol. The zero-order valence-electron chi connectivity index (χ0n) is 16.3. The SMILES string of the molecule is COc1ccccc1C(=O)OCC(=O)Nc1c(C)n(C)n(-c2ccccc2)c1=O. The van der Waals surface area contributed by atoms with Crippen LogP contribution in [0, 0.1) is 6.92 Å². The largest absolute Gasteiger partial charge is 0.496 e. The number of carbonyl (C=O) groups excluding carboxylic acids is 2. The smallest absolute Gasteiger partial charge is 0.342 e. The van der Waals surface area contributed by atoms with E-state index in [0.29, 0.717) is 17.1 Å². The predicted octanol–water partition coefficient (Wildman–Crippen LogP) is 2.29. The van der Waals surface area contributed by atoms with E-state index in [2.05, 4.69) is 5.32 Å². The Morgan fingerprint density at radius 1 is 1.03 bits per heavy atom. The minimum atomic E-state index is -0.691. The van der Waals surface area contributed by atoms with Crippen LogP contribution < -0.4 is 15.6 Å². The first kappa shape index (κ1) is 19.9. The minimum absolute atomic E-state index is 0.134. The van der Waals surface area contributed by atoms with Gasteiger partial charge in [0.15, 0.2) is 6.61 Å². The number of rotatable bonds is 6. The highest BCUT2D eigenvalue weighted by atomic mass is 16.5. The van der Waals surface area contributed by atoms with Gasteiger partial charge in [0.1, 0.15) is 17.0 Å². The van der Waals surface area contributed by atoms with Crippen LogP contribution in [0.2, 0.25) is 0 Å². The number of para-hydroxylation sites is 2. The third-order valence-electron chi connectivity index (χ3n) is 4.48. The maximum Gasteiger partial charge on any atom is 0.342 e. The van der Waals surface area contributed by atoms with Crippen LogP contribution in [0.25, 0.3) is 5.69 Å². The summed E-state index contributed by atoms with van der Waals surface area (Å²) in [7, 11) is 3.16. The molecular weight excluding hydrogens is 374 g/mol. The number of benzene rings is 2. The summed E-state index contributed by atoms with van der Waals surface area (Å²) in [6.07, 6.45) is 0. The highest BCUT2D eigenvalue weighted by Crippen LogP contribution is 2.18. The maximum atomic E-state index is 12.8. The number of carbonyl (C=O) groups is 2. The average molecular weight is 395 g/mol. The molecular formula is C21H21N3O5. The molecule has 0 bridgehead atoms. The molecule has 2 aromatic carbocycles. The van der Waals surface area contributed by atoms with Crippen molar-refractivity contribution < 1.29 is 19.1 Å². The molecule has 1 N–H and O–H groups in total. The lowest BCUT2D eigenvalue weighted by Gasteiger charge is -2.08. The summed E-state index contributed by atoms with van der Waals surface area (Å²) >= 11 is 0. The molecule has 0 unspecified atom stereocenters. The number of nitrogens with one attached hydrogen (secondary N) is 1. The number of aromatic nitrogens is 2. The fraction of sp³-hybridized carbons (Fsp3) is 0.190. The summed E-state index contributed by atoms with van der Waals surface area (Å²) in [5, 5.41) is 2.54. The predicted molar refractivity (Wildman–Crippen MR) is 108 cm³/mol. The number of esters is 1. The van der Waals surface area contributed by atoms with E-state index in [1.807, 2.05) is 18.2 Å². The van der Waals surface area contributed by atoms with Gasteiger partial charge in [-0.15, -0.1) is 0 Å². The molecule has 1 aromatic heterocycles. The second kappa shape index (κ2) is 8.47. The van der Waals surface area contributed by atoms with Crippen molar-refractivity contribution in [3.05, 3.63) is 76.2 Å². The van der Waals surface area contributed by atoms with Crippen molar-refractivity contribution in [2.45, 2.75) is 6.92 Å². The van der Waals surface area contributed by atoms with Crippen molar-refractivity contribution in [3.63, 3.8) is 0 Å². The van der Waals surface area contributed by atoms with Gasteiger partial charge in [0.05, 0.1) is 18.5 Å². The summed E-state index contributed by atoms with van der Waals surface area (Å²) in [6.45, 7) is 1.19. The fourth-order valence-electron chi connectivity index (χ4n) is 2.91. The van der Waals surface area contributed by atoms with E-state index in [1.165, 1.54) is 11.8 Å². The van der Waals surface area contributed by atoms with Crippen LogP contribution in [0.5, 0.6) is 5.75 Å². The third-order valence-corrected chi connectivity index (χ3v) is 4.48. The molecule has 8 heteroatoms. The van der Waals surface area contributed by atoms with Gasteiger partial charge < -0.3 is 14.8 Å². The number of amides is 1. The molecule has 0 atom stereocenters. The van der Waals surface area contributed by atoms with Crippen LogP contribution in [0.1, 0.15) is 16.1 Å². The van der Waals surface area contributed by atoms with Gasteiger partial charge in [-0.1, -0.05) is 30.3 Å². The molecule has 0 saturated carbocycles.